The lowest BCUT2D eigenvalue weighted by Crippen LogP contribution is -2.13. The summed E-state index contributed by atoms with van der Waals surface area (Å²) in [5.74, 6) is -0.126. The van der Waals surface area contributed by atoms with Crippen LogP contribution < -0.4 is 11.1 Å². The second-order valence-corrected chi connectivity index (χ2v) is 4.74. The standard InChI is InChI=1S/C11H15BrF3N3/c12-8-6-9(11(13,14)15)10(18-7-8)17-5-3-1-2-4-16/h6-7H,1-5,16H2,(H,17,18). The van der Waals surface area contributed by atoms with Gasteiger partial charge in [-0.2, -0.15) is 13.2 Å². The fourth-order valence-corrected chi connectivity index (χ4v) is 1.78. The van der Waals surface area contributed by atoms with Gasteiger partial charge in [-0.15, -0.1) is 0 Å². The van der Waals surface area contributed by atoms with Crippen molar-refractivity contribution in [3.8, 4) is 0 Å². The fraction of sp³-hybridized carbons (Fsp3) is 0.545. The van der Waals surface area contributed by atoms with Gasteiger partial charge in [-0.3, -0.25) is 0 Å². The zero-order chi connectivity index (χ0) is 13.6. The molecule has 0 unspecified atom stereocenters. The van der Waals surface area contributed by atoms with Crippen molar-refractivity contribution in [2.75, 3.05) is 18.4 Å². The number of aromatic nitrogens is 1. The van der Waals surface area contributed by atoms with Gasteiger partial charge in [0.05, 0.1) is 5.56 Å². The van der Waals surface area contributed by atoms with E-state index in [2.05, 4.69) is 26.2 Å². The topological polar surface area (TPSA) is 50.9 Å². The molecule has 1 rings (SSSR count). The zero-order valence-electron chi connectivity index (χ0n) is 9.73. The number of nitrogens with zero attached hydrogens (tertiary/aromatic N) is 1. The smallest absolute Gasteiger partial charge is 0.370 e. The number of hydrogen-bond donors (Lipinski definition) is 2. The van der Waals surface area contributed by atoms with Crippen LogP contribution in [0.15, 0.2) is 16.7 Å². The molecule has 0 aromatic carbocycles. The van der Waals surface area contributed by atoms with Crippen molar-refractivity contribution in [1.82, 2.24) is 4.98 Å². The maximum absolute atomic E-state index is 12.7. The van der Waals surface area contributed by atoms with E-state index < -0.39 is 11.7 Å². The number of pyridine rings is 1. The molecule has 102 valence electrons. The molecule has 0 fully saturated rings. The highest BCUT2D eigenvalue weighted by atomic mass is 79.9. The largest absolute Gasteiger partial charge is 0.419 e. The second kappa shape index (κ2) is 6.94. The van der Waals surface area contributed by atoms with Crippen molar-refractivity contribution in [2.24, 2.45) is 5.73 Å². The molecule has 1 aromatic rings. The van der Waals surface area contributed by atoms with E-state index >= 15 is 0 Å². The maximum Gasteiger partial charge on any atom is 0.419 e. The van der Waals surface area contributed by atoms with E-state index in [4.69, 9.17) is 5.73 Å². The molecule has 0 aliphatic carbocycles. The van der Waals surface area contributed by atoms with Crippen molar-refractivity contribution in [1.29, 1.82) is 0 Å². The van der Waals surface area contributed by atoms with E-state index in [1.54, 1.807) is 0 Å². The van der Waals surface area contributed by atoms with Crippen LogP contribution in [0.3, 0.4) is 0 Å². The summed E-state index contributed by atoms with van der Waals surface area (Å²) in [6.07, 6.45) is -0.525. The van der Waals surface area contributed by atoms with E-state index in [-0.39, 0.29) is 5.82 Å². The number of nitrogens with two attached hydrogens (primary N) is 1. The molecule has 0 atom stereocenters. The van der Waals surface area contributed by atoms with Crippen molar-refractivity contribution in [3.05, 3.63) is 22.3 Å². The average Bonchev–Trinajstić information content (AvgIpc) is 2.29. The third-order valence-electron chi connectivity index (χ3n) is 2.33. The quantitative estimate of drug-likeness (QED) is 0.788. The number of unbranched alkanes of at least 4 members (excludes halogenated alkanes) is 2. The maximum atomic E-state index is 12.7. The van der Waals surface area contributed by atoms with Gasteiger partial charge in [0.15, 0.2) is 0 Å². The molecule has 3 N–H and O–H groups in total. The summed E-state index contributed by atoms with van der Waals surface area (Å²) in [6, 6.07) is 1.02. The first kappa shape index (κ1) is 15.2. The predicted molar refractivity (Wildman–Crippen MR) is 68.3 cm³/mol. The van der Waals surface area contributed by atoms with Gasteiger partial charge in [-0.1, -0.05) is 6.42 Å². The van der Waals surface area contributed by atoms with Crippen molar-refractivity contribution in [3.63, 3.8) is 0 Å². The highest BCUT2D eigenvalue weighted by molar-refractivity contribution is 9.10. The number of nitrogens with one attached hydrogen (secondary N) is 1. The SMILES string of the molecule is NCCCCCNc1ncc(Br)cc1C(F)(F)F. The Hall–Kier alpha value is -0.820. The van der Waals surface area contributed by atoms with Gasteiger partial charge in [0.2, 0.25) is 0 Å². The number of anilines is 1. The minimum Gasteiger partial charge on any atom is -0.370 e. The molecular weight excluding hydrogens is 311 g/mol. The molecule has 7 heteroatoms. The van der Waals surface area contributed by atoms with Crippen molar-refractivity contribution in [2.45, 2.75) is 25.4 Å². The van der Waals surface area contributed by atoms with Crippen LogP contribution in [-0.2, 0) is 6.18 Å². The van der Waals surface area contributed by atoms with E-state index in [1.165, 1.54) is 6.20 Å². The average molecular weight is 326 g/mol. The first-order chi connectivity index (χ1) is 8.45. The van der Waals surface area contributed by atoms with Crippen molar-refractivity contribution < 1.29 is 13.2 Å². The highest BCUT2D eigenvalue weighted by Crippen LogP contribution is 2.35. The van der Waals surface area contributed by atoms with Gasteiger partial charge < -0.3 is 11.1 Å². The van der Waals surface area contributed by atoms with E-state index in [0.717, 1.165) is 25.3 Å². The van der Waals surface area contributed by atoms with Crippen LogP contribution >= 0.6 is 15.9 Å². The predicted octanol–water partition coefficient (Wildman–Crippen LogP) is 3.40. The minimum absolute atomic E-state index is 0.126. The number of hydrogen-bond acceptors (Lipinski definition) is 3. The summed E-state index contributed by atoms with van der Waals surface area (Å²) in [6.45, 7) is 1.06. The molecule has 0 aliphatic rings. The molecule has 0 bridgehead atoms. The lowest BCUT2D eigenvalue weighted by Gasteiger charge is -2.13. The lowest BCUT2D eigenvalue weighted by molar-refractivity contribution is -0.137. The van der Waals surface area contributed by atoms with E-state index in [0.29, 0.717) is 17.6 Å². The highest BCUT2D eigenvalue weighted by Gasteiger charge is 2.34. The van der Waals surface area contributed by atoms with Crippen LogP contribution in [0, 0.1) is 0 Å². The van der Waals surface area contributed by atoms with E-state index in [1.807, 2.05) is 0 Å². The molecule has 0 amide bonds. The van der Waals surface area contributed by atoms with Gasteiger partial charge in [-0.25, -0.2) is 4.98 Å². The lowest BCUT2D eigenvalue weighted by atomic mass is 10.2. The molecule has 0 spiro atoms. The third kappa shape index (κ3) is 4.81. The summed E-state index contributed by atoms with van der Waals surface area (Å²) in [7, 11) is 0. The van der Waals surface area contributed by atoms with E-state index in [9.17, 15) is 13.2 Å². The third-order valence-corrected chi connectivity index (χ3v) is 2.77. The Morgan fingerprint density at radius 3 is 2.61 bits per heavy atom. The number of halogens is 4. The molecule has 0 aliphatic heterocycles. The van der Waals surface area contributed by atoms with Gasteiger partial charge in [0, 0.05) is 17.2 Å². The Labute approximate surface area is 112 Å². The van der Waals surface area contributed by atoms with Crippen LogP contribution in [0.25, 0.3) is 0 Å². The number of alkyl halides is 3. The Kier molecular flexibility index (Phi) is 5.87. The normalized spacial score (nSPS) is 11.6. The first-order valence-corrected chi connectivity index (χ1v) is 6.41. The summed E-state index contributed by atoms with van der Waals surface area (Å²) in [4.78, 5) is 3.76. The molecule has 18 heavy (non-hydrogen) atoms. The van der Waals surface area contributed by atoms with Gasteiger partial charge in [-0.05, 0) is 41.4 Å². The van der Waals surface area contributed by atoms with Crippen molar-refractivity contribution >= 4 is 21.7 Å². The monoisotopic (exact) mass is 325 g/mol. The van der Waals surface area contributed by atoms with Crippen LogP contribution in [0.1, 0.15) is 24.8 Å². The summed E-state index contributed by atoms with van der Waals surface area (Å²) < 4.78 is 38.5. The fourth-order valence-electron chi connectivity index (χ4n) is 1.45. The Morgan fingerprint density at radius 2 is 2.00 bits per heavy atom. The van der Waals surface area contributed by atoms with Gasteiger partial charge in [0.25, 0.3) is 0 Å². The molecule has 1 heterocycles. The Balaban J connectivity index is 2.65. The van der Waals surface area contributed by atoms with Crippen LogP contribution in [0.2, 0.25) is 0 Å². The molecular formula is C11H15BrF3N3. The van der Waals surface area contributed by atoms with Gasteiger partial charge >= 0.3 is 6.18 Å². The van der Waals surface area contributed by atoms with Crippen LogP contribution in [0.4, 0.5) is 19.0 Å². The second-order valence-electron chi connectivity index (χ2n) is 3.82. The Bertz CT molecular complexity index is 382. The number of rotatable bonds is 6. The minimum atomic E-state index is -4.41. The summed E-state index contributed by atoms with van der Waals surface area (Å²) >= 11 is 2.99. The molecule has 3 nitrogen and oxygen atoms in total. The molecule has 0 radical (unpaired) electrons. The Morgan fingerprint density at radius 1 is 1.28 bits per heavy atom. The molecule has 0 saturated heterocycles. The zero-order valence-corrected chi connectivity index (χ0v) is 11.3. The van der Waals surface area contributed by atoms with Crippen LogP contribution in [-0.4, -0.2) is 18.1 Å². The summed E-state index contributed by atoms with van der Waals surface area (Å²) in [5, 5.41) is 2.71. The molecule has 0 saturated carbocycles. The molecule has 1 aromatic heterocycles. The van der Waals surface area contributed by atoms with Gasteiger partial charge in [0.1, 0.15) is 5.82 Å². The first-order valence-electron chi connectivity index (χ1n) is 5.62. The van der Waals surface area contributed by atoms with Crippen LogP contribution in [0.5, 0.6) is 0 Å². The summed E-state index contributed by atoms with van der Waals surface area (Å²) in [5.41, 5.74) is 4.58.